The van der Waals surface area contributed by atoms with E-state index in [9.17, 15) is 4.79 Å². The quantitative estimate of drug-likeness (QED) is 0.851. The summed E-state index contributed by atoms with van der Waals surface area (Å²) in [6.07, 6.45) is 4.29. The van der Waals surface area contributed by atoms with E-state index in [0.29, 0.717) is 5.56 Å². The van der Waals surface area contributed by atoms with E-state index in [0.717, 1.165) is 19.3 Å². The summed E-state index contributed by atoms with van der Waals surface area (Å²) in [5, 5.41) is 12.1. The Balaban J connectivity index is 2.00. The molecule has 1 saturated carbocycles. The van der Waals surface area contributed by atoms with E-state index in [1.165, 1.54) is 6.26 Å². The maximum absolute atomic E-state index is 11.8. The zero-order chi connectivity index (χ0) is 11.5. The Morgan fingerprint density at radius 2 is 2.44 bits per heavy atom. The molecule has 2 rings (SSSR count). The molecule has 0 radical (unpaired) electrons. The normalized spacial score (nSPS) is 24.6. The maximum atomic E-state index is 11.8. The van der Waals surface area contributed by atoms with Crippen LogP contribution < -0.4 is 5.32 Å². The first-order chi connectivity index (χ1) is 7.72. The molecule has 1 aliphatic rings. The number of nitrogens with one attached hydrogen (secondary N) is 1. The number of halogens is 1. The third-order valence-electron chi connectivity index (χ3n) is 3.07. The molecule has 2 atom stereocenters. The molecule has 2 unspecified atom stereocenters. The van der Waals surface area contributed by atoms with Crippen molar-refractivity contribution in [3.8, 4) is 0 Å². The predicted octanol–water partition coefficient (Wildman–Crippen LogP) is 1.82. The highest BCUT2D eigenvalue weighted by Gasteiger charge is 2.28. The van der Waals surface area contributed by atoms with Gasteiger partial charge < -0.3 is 14.8 Å². The highest BCUT2D eigenvalue weighted by atomic mass is 35.5. The number of amides is 1. The number of hydrogen-bond donors (Lipinski definition) is 2. The van der Waals surface area contributed by atoms with Crippen LogP contribution in [0.5, 0.6) is 0 Å². The first-order valence-electron chi connectivity index (χ1n) is 5.37. The molecule has 5 heteroatoms. The van der Waals surface area contributed by atoms with Crippen LogP contribution >= 0.6 is 11.6 Å². The number of furan rings is 1. The molecule has 16 heavy (non-hydrogen) atoms. The Bertz CT molecular complexity index is 377. The van der Waals surface area contributed by atoms with Gasteiger partial charge in [0.15, 0.2) is 0 Å². The molecule has 1 heterocycles. The highest BCUT2D eigenvalue weighted by molar-refractivity contribution is 6.32. The Morgan fingerprint density at radius 1 is 1.62 bits per heavy atom. The third kappa shape index (κ3) is 2.23. The van der Waals surface area contributed by atoms with Crippen molar-refractivity contribution in [1.82, 2.24) is 5.32 Å². The third-order valence-corrected chi connectivity index (χ3v) is 3.37. The summed E-state index contributed by atoms with van der Waals surface area (Å²) in [4.78, 5) is 11.8. The summed E-state index contributed by atoms with van der Waals surface area (Å²) in [7, 11) is 0. The first kappa shape index (κ1) is 11.5. The maximum Gasteiger partial charge on any atom is 0.256 e. The van der Waals surface area contributed by atoms with Crippen molar-refractivity contribution in [3.05, 3.63) is 23.1 Å². The van der Waals surface area contributed by atoms with Gasteiger partial charge in [0, 0.05) is 18.6 Å². The minimum absolute atomic E-state index is 0.0449. The van der Waals surface area contributed by atoms with Crippen molar-refractivity contribution in [1.29, 1.82) is 0 Å². The van der Waals surface area contributed by atoms with Gasteiger partial charge in [0.05, 0.1) is 11.8 Å². The molecular weight excluding hydrogens is 230 g/mol. The van der Waals surface area contributed by atoms with Gasteiger partial charge in [-0.15, -0.1) is 0 Å². The summed E-state index contributed by atoms with van der Waals surface area (Å²) < 4.78 is 4.86. The molecule has 0 aromatic carbocycles. The van der Waals surface area contributed by atoms with Crippen LogP contribution in [0.3, 0.4) is 0 Å². The van der Waals surface area contributed by atoms with Crippen LogP contribution in [0.1, 0.15) is 29.6 Å². The molecule has 0 spiro atoms. The van der Waals surface area contributed by atoms with Gasteiger partial charge in [-0.25, -0.2) is 0 Å². The molecule has 1 aliphatic carbocycles. The van der Waals surface area contributed by atoms with E-state index in [4.69, 9.17) is 21.1 Å². The van der Waals surface area contributed by atoms with Crippen molar-refractivity contribution in [3.63, 3.8) is 0 Å². The topological polar surface area (TPSA) is 62.5 Å². The van der Waals surface area contributed by atoms with E-state index < -0.39 is 0 Å². The van der Waals surface area contributed by atoms with Crippen LogP contribution in [0.4, 0.5) is 0 Å². The van der Waals surface area contributed by atoms with Gasteiger partial charge in [-0.2, -0.15) is 0 Å². The Hall–Kier alpha value is -1.00. The number of rotatable bonds is 3. The number of aliphatic hydroxyl groups excluding tert-OH is 1. The molecule has 2 N–H and O–H groups in total. The second-order valence-corrected chi connectivity index (χ2v) is 4.40. The van der Waals surface area contributed by atoms with Gasteiger partial charge in [0.1, 0.15) is 0 Å². The fourth-order valence-corrected chi connectivity index (χ4v) is 2.35. The minimum atomic E-state index is -0.232. The molecule has 4 nitrogen and oxygen atoms in total. The Morgan fingerprint density at radius 3 is 3.06 bits per heavy atom. The van der Waals surface area contributed by atoms with Crippen molar-refractivity contribution in [2.24, 2.45) is 5.92 Å². The fraction of sp³-hybridized carbons (Fsp3) is 0.545. The lowest BCUT2D eigenvalue weighted by molar-refractivity contribution is 0.0915. The van der Waals surface area contributed by atoms with Crippen LogP contribution in [0, 0.1) is 5.92 Å². The van der Waals surface area contributed by atoms with Crippen molar-refractivity contribution >= 4 is 17.5 Å². The number of carbonyl (C=O) groups excluding carboxylic acids is 1. The summed E-state index contributed by atoms with van der Waals surface area (Å²) in [6, 6.07) is 1.59. The number of hydrogen-bond acceptors (Lipinski definition) is 3. The summed E-state index contributed by atoms with van der Waals surface area (Å²) in [5.74, 6) is -0.0706. The lowest BCUT2D eigenvalue weighted by Gasteiger charge is -2.18. The van der Waals surface area contributed by atoms with Crippen LogP contribution in [-0.2, 0) is 0 Å². The van der Waals surface area contributed by atoms with Crippen LogP contribution in [0.2, 0.25) is 5.22 Å². The molecule has 1 aromatic rings. The van der Waals surface area contributed by atoms with E-state index in [-0.39, 0.29) is 29.7 Å². The molecule has 1 fully saturated rings. The van der Waals surface area contributed by atoms with Gasteiger partial charge in [-0.1, -0.05) is 6.42 Å². The summed E-state index contributed by atoms with van der Waals surface area (Å²) in [6.45, 7) is 0.115. The Labute approximate surface area is 98.6 Å². The molecule has 0 saturated heterocycles. The summed E-state index contributed by atoms with van der Waals surface area (Å²) >= 11 is 5.71. The minimum Gasteiger partial charge on any atom is -0.452 e. The van der Waals surface area contributed by atoms with Gasteiger partial charge >= 0.3 is 0 Å². The molecule has 88 valence electrons. The number of aliphatic hydroxyl groups is 1. The van der Waals surface area contributed by atoms with Crippen molar-refractivity contribution in [2.45, 2.75) is 25.3 Å². The fourth-order valence-electron chi connectivity index (χ4n) is 2.15. The van der Waals surface area contributed by atoms with Gasteiger partial charge in [-0.05, 0) is 30.5 Å². The molecule has 1 aromatic heterocycles. The summed E-state index contributed by atoms with van der Waals surface area (Å²) in [5.41, 5.74) is 0.352. The van der Waals surface area contributed by atoms with Crippen LogP contribution in [0.25, 0.3) is 0 Å². The van der Waals surface area contributed by atoms with Gasteiger partial charge in [-0.3, -0.25) is 4.79 Å². The van der Waals surface area contributed by atoms with Crippen molar-refractivity contribution in [2.75, 3.05) is 6.61 Å². The molecule has 1 amide bonds. The van der Waals surface area contributed by atoms with E-state index >= 15 is 0 Å². The first-order valence-corrected chi connectivity index (χ1v) is 5.75. The van der Waals surface area contributed by atoms with E-state index in [1.807, 2.05) is 0 Å². The average Bonchev–Trinajstić information content (AvgIpc) is 2.86. The van der Waals surface area contributed by atoms with Crippen LogP contribution in [0.15, 0.2) is 16.7 Å². The van der Waals surface area contributed by atoms with Gasteiger partial charge in [0.25, 0.3) is 5.91 Å². The van der Waals surface area contributed by atoms with E-state index in [1.54, 1.807) is 6.07 Å². The largest absolute Gasteiger partial charge is 0.452 e. The molecule has 0 aliphatic heterocycles. The van der Waals surface area contributed by atoms with Gasteiger partial charge in [0.2, 0.25) is 5.22 Å². The predicted molar refractivity (Wildman–Crippen MR) is 59.4 cm³/mol. The Kier molecular flexibility index (Phi) is 3.51. The molecule has 0 bridgehead atoms. The number of carbonyl (C=O) groups is 1. The zero-order valence-electron chi connectivity index (χ0n) is 8.78. The van der Waals surface area contributed by atoms with E-state index in [2.05, 4.69) is 5.32 Å². The van der Waals surface area contributed by atoms with Crippen LogP contribution in [-0.4, -0.2) is 23.7 Å². The smallest absolute Gasteiger partial charge is 0.256 e. The SMILES string of the molecule is O=C(NC1CCCC1CO)c1ccoc1Cl. The second-order valence-electron chi connectivity index (χ2n) is 4.06. The molecular formula is C11H14ClNO3. The lowest BCUT2D eigenvalue weighted by atomic mass is 10.0. The average molecular weight is 244 g/mol. The second kappa shape index (κ2) is 4.89. The lowest BCUT2D eigenvalue weighted by Crippen LogP contribution is -2.38. The standard InChI is InChI=1S/C11H14ClNO3/c12-10-8(4-5-16-10)11(15)13-9-3-1-2-7(9)6-14/h4-5,7,9,14H,1-3,6H2,(H,13,15). The zero-order valence-corrected chi connectivity index (χ0v) is 9.54. The monoisotopic (exact) mass is 243 g/mol. The highest BCUT2D eigenvalue weighted by Crippen LogP contribution is 2.26. The van der Waals surface area contributed by atoms with Crippen molar-refractivity contribution < 1.29 is 14.3 Å².